The van der Waals surface area contributed by atoms with Crippen molar-refractivity contribution in [2.24, 2.45) is 0 Å². The van der Waals surface area contributed by atoms with Gasteiger partial charge in [-0.25, -0.2) is 19.5 Å². The summed E-state index contributed by atoms with van der Waals surface area (Å²) in [6, 6.07) is 10.9. The fourth-order valence-electron chi connectivity index (χ4n) is 3.64. The molecule has 0 unspecified atom stereocenters. The van der Waals surface area contributed by atoms with Gasteiger partial charge in [-0.1, -0.05) is 24.5 Å². The zero-order valence-corrected chi connectivity index (χ0v) is 19.7. The van der Waals surface area contributed by atoms with Gasteiger partial charge in [0.15, 0.2) is 0 Å². The first-order valence-electron chi connectivity index (χ1n) is 11.2. The number of pyridine rings is 1. The van der Waals surface area contributed by atoms with Crippen LogP contribution in [0.15, 0.2) is 55.1 Å². The third-order valence-corrected chi connectivity index (χ3v) is 5.29. The molecule has 11 heteroatoms. The lowest BCUT2D eigenvalue weighted by Crippen LogP contribution is -2.39. The Bertz CT molecular complexity index is 1310. The third kappa shape index (κ3) is 5.81. The molecule has 4 rings (SSSR count). The van der Waals surface area contributed by atoms with Gasteiger partial charge in [-0.3, -0.25) is 4.79 Å². The molecule has 0 fully saturated rings. The maximum absolute atomic E-state index is 12.8. The van der Waals surface area contributed by atoms with E-state index in [2.05, 4.69) is 47.3 Å². The molecule has 3 heterocycles. The molecule has 0 aliphatic carbocycles. The lowest BCUT2D eigenvalue weighted by Gasteiger charge is -2.11. The lowest BCUT2D eigenvalue weighted by atomic mass is 9.97. The van der Waals surface area contributed by atoms with E-state index in [1.165, 1.54) is 19.6 Å². The normalized spacial score (nSPS) is 10.7. The highest BCUT2D eigenvalue weighted by atomic mass is 16.5. The predicted molar refractivity (Wildman–Crippen MR) is 135 cm³/mol. The Morgan fingerprint density at radius 3 is 2.89 bits per heavy atom. The average Bonchev–Trinajstić information content (AvgIpc) is 3.29. The number of carbonyl (C=O) groups excluding carboxylic acids is 1. The largest absolute Gasteiger partial charge is 0.481 e. The molecule has 3 aromatic heterocycles. The van der Waals surface area contributed by atoms with E-state index in [1.54, 1.807) is 24.4 Å². The van der Waals surface area contributed by atoms with Crippen molar-refractivity contribution < 1.29 is 17.0 Å². The highest BCUT2D eigenvalue weighted by Crippen LogP contribution is 2.15. The first-order valence-corrected chi connectivity index (χ1v) is 11.2. The number of ether oxygens (including phenoxy) is 1. The summed E-state index contributed by atoms with van der Waals surface area (Å²) in [6.07, 6.45) is 5.66. The van der Waals surface area contributed by atoms with Crippen molar-refractivity contribution >= 4 is 24.9 Å². The van der Waals surface area contributed by atoms with Gasteiger partial charge in [0.25, 0.3) is 11.7 Å². The predicted octanol–water partition coefficient (Wildman–Crippen LogP) is 1.80. The van der Waals surface area contributed by atoms with Crippen molar-refractivity contribution in [3.63, 3.8) is 0 Å². The molecule has 0 atom stereocenters. The first kappa shape index (κ1) is 23.9. The molecule has 0 aliphatic rings. The number of benzene rings is 1. The highest BCUT2D eigenvalue weighted by Gasteiger charge is 2.22. The van der Waals surface area contributed by atoms with Gasteiger partial charge in [0.05, 0.1) is 13.7 Å². The molecular formula is C24H30BN8O2+. The minimum atomic E-state index is -0.216. The minimum Gasteiger partial charge on any atom is -0.481 e. The number of aromatic nitrogens is 6. The summed E-state index contributed by atoms with van der Waals surface area (Å²) in [5.74, 6) is 1.87. The van der Waals surface area contributed by atoms with Crippen molar-refractivity contribution in [1.29, 1.82) is 0 Å². The molecule has 2 radical (unpaired) electrons. The Labute approximate surface area is 207 Å². The van der Waals surface area contributed by atoms with Crippen LogP contribution in [0.2, 0.25) is 0 Å². The van der Waals surface area contributed by atoms with Crippen molar-refractivity contribution in [2.45, 2.75) is 33.0 Å². The second-order valence-corrected chi connectivity index (χ2v) is 7.79. The van der Waals surface area contributed by atoms with Crippen molar-refractivity contribution in [1.82, 2.24) is 30.5 Å². The molecule has 0 spiro atoms. The third-order valence-electron chi connectivity index (χ3n) is 5.29. The van der Waals surface area contributed by atoms with Gasteiger partial charge in [-0.05, 0) is 30.7 Å². The first-order chi connectivity index (χ1) is 17.1. The second kappa shape index (κ2) is 11.2. The number of carbonyl (C=O) groups is 1. The van der Waals surface area contributed by atoms with Gasteiger partial charge in [0.2, 0.25) is 5.88 Å². The summed E-state index contributed by atoms with van der Waals surface area (Å²) in [4.78, 5) is 25.2. The van der Waals surface area contributed by atoms with Gasteiger partial charge in [-0.15, -0.1) is 5.10 Å². The molecule has 1 aromatic carbocycles. The van der Waals surface area contributed by atoms with Crippen LogP contribution in [0.25, 0.3) is 11.5 Å². The number of H-pyrrole nitrogens is 1. The molecule has 1 amide bonds. The van der Waals surface area contributed by atoms with E-state index in [0.717, 1.165) is 36.0 Å². The number of hydrogen-bond acceptors (Lipinski definition) is 7. The molecule has 0 saturated heterocycles. The summed E-state index contributed by atoms with van der Waals surface area (Å²) in [7, 11) is 7.34. The number of aromatic amines is 1. The molecule has 10 nitrogen and oxygen atoms in total. The molecule has 3 N–H and O–H groups in total. The Morgan fingerprint density at radius 2 is 2.11 bits per heavy atom. The number of anilines is 1. The fraction of sp³-hybridized carbons (Fsp3) is 0.250. The zero-order chi connectivity index (χ0) is 24.6. The van der Waals surface area contributed by atoms with Gasteiger partial charge in [-0.2, -0.15) is 0 Å². The van der Waals surface area contributed by atoms with Crippen LogP contribution in [0.3, 0.4) is 0 Å². The molecular weight excluding hydrogens is 443 g/mol. The zero-order valence-electron chi connectivity index (χ0n) is 19.7. The molecule has 35 heavy (non-hydrogen) atoms. The Kier molecular flexibility index (Phi) is 7.66. The highest BCUT2D eigenvalue weighted by molar-refractivity contribution is 6.32. The Balaban J connectivity index is 0.00000241. The van der Waals surface area contributed by atoms with Crippen LogP contribution in [0.1, 0.15) is 37.9 Å². The van der Waals surface area contributed by atoms with Gasteiger partial charge in [0, 0.05) is 43.7 Å². The van der Waals surface area contributed by atoms with E-state index in [0.29, 0.717) is 29.0 Å². The van der Waals surface area contributed by atoms with Crippen LogP contribution in [-0.4, -0.2) is 46.0 Å². The average molecular weight is 473 g/mol. The summed E-state index contributed by atoms with van der Waals surface area (Å²) >= 11 is 0. The standard InChI is InChI=1S/C24H25BN8O2.2H2/c1-3-9-33-21(31-32-22(33)20-7-8-26-15-30-20)14-27-19-6-4-5-16(11-19)23(34)28-12-17-10-18(25)13-29-24(17)35-2;;/h4-8,10-11,13,15,27H,3,9,12,14H2,1-2H3,(H,28,34);2*1H/p+1. The molecule has 4 aromatic rings. The fourth-order valence-corrected chi connectivity index (χ4v) is 3.64. The van der Waals surface area contributed by atoms with Crippen LogP contribution < -0.4 is 25.4 Å². The topological polar surface area (TPSA) is 122 Å². The molecule has 0 bridgehead atoms. The smallest absolute Gasteiger partial charge is 0.327 e. The van der Waals surface area contributed by atoms with Crippen LogP contribution >= 0.6 is 0 Å². The van der Waals surface area contributed by atoms with Crippen molar-refractivity contribution in [3.8, 4) is 17.4 Å². The summed E-state index contributed by atoms with van der Waals surface area (Å²) in [5, 5.41) is 13.8. The number of methoxy groups -OCH3 is 1. The van der Waals surface area contributed by atoms with E-state index in [1.807, 2.05) is 18.2 Å². The van der Waals surface area contributed by atoms with Crippen molar-refractivity contribution in [2.75, 3.05) is 12.4 Å². The maximum Gasteiger partial charge on any atom is 0.327 e. The minimum absolute atomic E-state index is 0. The summed E-state index contributed by atoms with van der Waals surface area (Å²) < 4.78 is 7.34. The Hall–Kier alpha value is -4.28. The molecule has 0 aliphatic heterocycles. The second-order valence-electron chi connectivity index (χ2n) is 7.79. The summed E-state index contributed by atoms with van der Waals surface area (Å²) in [5.41, 5.74) is 3.29. The van der Waals surface area contributed by atoms with Crippen LogP contribution in [0, 0.1) is 0 Å². The number of nitrogens with one attached hydrogen (secondary N) is 3. The number of hydrogen-bond donors (Lipinski definition) is 3. The van der Waals surface area contributed by atoms with E-state index in [9.17, 15) is 4.79 Å². The van der Waals surface area contributed by atoms with Crippen LogP contribution in [0.4, 0.5) is 5.69 Å². The van der Waals surface area contributed by atoms with E-state index < -0.39 is 0 Å². The van der Waals surface area contributed by atoms with E-state index in [-0.39, 0.29) is 15.3 Å². The van der Waals surface area contributed by atoms with Crippen LogP contribution in [-0.2, 0) is 19.6 Å². The SMILES string of the molecule is [B]c1cnc(OC)c(CNC(=O)c2cccc(NCc3[nH]nc(-c4ccncn4)[n+]3CCC)c2)c1.[HH].[HH]. The van der Waals surface area contributed by atoms with E-state index in [4.69, 9.17) is 12.6 Å². The number of amides is 1. The quantitative estimate of drug-likeness (QED) is 0.237. The van der Waals surface area contributed by atoms with Gasteiger partial charge >= 0.3 is 5.82 Å². The lowest BCUT2D eigenvalue weighted by molar-refractivity contribution is -0.693. The maximum atomic E-state index is 12.8. The number of rotatable bonds is 10. The van der Waals surface area contributed by atoms with Crippen LogP contribution in [0.5, 0.6) is 5.88 Å². The monoisotopic (exact) mass is 473 g/mol. The van der Waals surface area contributed by atoms with Crippen molar-refractivity contribution in [3.05, 3.63) is 72.1 Å². The summed E-state index contributed by atoms with van der Waals surface area (Å²) in [6.45, 7) is 3.64. The molecule has 180 valence electrons. The van der Waals surface area contributed by atoms with Gasteiger partial charge in [0.1, 0.15) is 26.4 Å². The number of nitrogens with zero attached hydrogens (tertiary/aromatic N) is 5. The van der Waals surface area contributed by atoms with E-state index >= 15 is 0 Å². The van der Waals surface area contributed by atoms with Gasteiger partial charge < -0.3 is 15.4 Å². The Morgan fingerprint density at radius 1 is 1.23 bits per heavy atom. The molecule has 0 saturated carbocycles.